The molecule has 1 aromatic carbocycles. The molecule has 1 aliphatic carbocycles. The predicted octanol–water partition coefficient (Wildman–Crippen LogP) is 3.14. The molecule has 5 heteroatoms. The number of carbonyl (C=O) groups excluding carboxylic acids is 1. The Kier molecular flexibility index (Phi) is 4.65. The summed E-state index contributed by atoms with van der Waals surface area (Å²) < 4.78 is 0.736. The molecular weight excluding hydrogens is 318 g/mol. The normalized spacial score (nSPS) is 23.7. The molecule has 0 spiro atoms. The van der Waals surface area contributed by atoms with Crippen LogP contribution in [-0.4, -0.2) is 23.2 Å². The van der Waals surface area contributed by atoms with E-state index in [-0.39, 0.29) is 18.1 Å². The molecule has 2 N–H and O–H groups in total. The number of aliphatic hydroxyl groups excluding tert-OH is 1. The number of hydrogen-bond donors (Lipinski definition) is 2. The van der Waals surface area contributed by atoms with Gasteiger partial charge in [-0.05, 0) is 59.8 Å². The lowest BCUT2D eigenvalue weighted by Gasteiger charge is -2.26. The topological polar surface area (TPSA) is 49.3 Å². The number of rotatable bonds is 2. The van der Waals surface area contributed by atoms with E-state index in [1.807, 2.05) is 0 Å². The zero-order valence-electron chi connectivity index (χ0n) is 9.83. The Balaban J connectivity index is 2.01. The zero-order valence-corrected chi connectivity index (χ0v) is 12.2. The predicted molar refractivity (Wildman–Crippen MR) is 74.9 cm³/mol. The number of nitrogens with one attached hydrogen (secondary N) is 1. The van der Waals surface area contributed by atoms with E-state index in [0.29, 0.717) is 10.6 Å². The van der Waals surface area contributed by atoms with Crippen LogP contribution in [0.5, 0.6) is 0 Å². The van der Waals surface area contributed by atoms with E-state index in [1.165, 1.54) is 0 Å². The molecule has 2 rings (SSSR count). The maximum Gasteiger partial charge on any atom is 0.252 e. The first-order valence-electron chi connectivity index (χ1n) is 6.00. The third-order valence-electron chi connectivity index (χ3n) is 3.20. The van der Waals surface area contributed by atoms with Crippen LogP contribution in [0.25, 0.3) is 0 Å². The van der Waals surface area contributed by atoms with Crippen LogP contribution in [0, 0.1) is 0 Å². The summed E-state index contributed by atoms with van der Waals surface area (Å²) in [7, 11) is 0. The van der Waals surface area contributed by atoms with E-state index in [1.54, 1.807) is 18.2 Å². The molecule has 18 heavy (non-hydrogen) atoms. The van der Waals surface area contributed by atoms with Crippen LogP contribution in [-0.2, 0) is 0 Å². The van der Waals surface area contributed by atoms with Crippen molar-refractivity contribution in [3.05, 3.63) is 33.3 Å². The first kappa shape index (κ1) is 13.8. The van der Waals surface area contributed by atoms with E-state index in [0.717, 1.165) is 30.2 Å². The van der Waals surface area contributed by atoms with Crippen LogP contribution in [0.15, 0.2) is 22.7 Å². The Labute approximate surface area is 120 Å². The van der Waals surface area contributed by atoms with Gasteiger partial charge in [-0.15, -0.1) is 0 Å². The van der Waals surface area contributed by atoms with Crippen LogP contribution in [0.3, 0.4) is 0 Å². The highest BCUT2D eigenvalue weighted by atomic mass is 79.9. The first-order chi connectivity index (χ1) is 8.56. The van der Waals surface area contributed by atoms with Crippen molar-refractivity contribution in [3.63, 3.8) is 0 Å². The van der Waals surface area contributed by atoms with Crippen LogP contribution < -0.4 is 5.32 Å². The lowest BCUT2D eigenvalue weighted by atomic mass is 9.93. The van der Waals surface area contributed by atoms with Gasteiger partial charge in [-0.25, -0.2) is 0 Å². The fraction of sp³-hybridized carbons (Fsp3) is 0.462. The van der Waals surface area contributed by atoms with Crippen molar-refractivity contribution in [1.29, 1.82) is 0 Å². The molecule has 98 valence electrons. The lowest BCUT2D eigenvalue weighted by molar-refractivity contribution is 0.0867. The quantitative estimate of drug-likeness (QED) is 0.874. The number of carbonyl (C=O) groups is 1. The summed E-state index contributed by atoms with van der Waals surface area (Å²) in [4.78, 5) is 12.1. The number of hydrogen-bond acceptors (Lipinski definition) is 2. The second-order valence-corrected chi connectivity index (χ2v) is 5.89. The third-order valence-corrected chi connectivity index (χ3v) is 4.13. The fourth-order valence-corrected chi connectivity index (χ4v) is 2.75. The van der Waals surface area contributed by atoms with E-state index in [2.05, 4.69) is 21.2 Å². The summed E-state index contributed by atoms with van der Waals surface area (Å²) in [5, 5.41) is 12.9. The summed E-state index contributed by atoms with van der Waals surface area (Å²) in [6.07, 6.45) is 2.94. The minimum Gasteiger partial charge on any atom is -0.393 e. The van der Waals surface area contributed by atoms with Crippen LogP contribution in [0.2, 0.25) is 5.02 Å². The van der Waals surface area contributed by atoms with Gasteiger partial charge in [0.2, 0.25) is 0 Å². The van der Waals surface area contributed by atoms with Gasteiger partial charge in [0.1, 0.15) is 0 Å². The third kappa shape index (κ3) is 3.46. The first-order valence-corrected chi connectivity index (χ1v) is 7.17. The van der Waals surface area contributed by atoms with Crippen LogP contribution >= 0.6 is 27.5 Å². The fourth-order valence-electron chi connectivity index (χ4n) is 2.15. The summed E-state index contributed by atoms with van der Waals surface area (Å²) >= 11 is 9.23. The van der Waals surface area contributed by atoms with E-state index >= 15 is 0 Å². The Morgan fingerprint density at radius 2 is 2.00 bits per heavy atom. The summed E-state index contributed by atoms with van der Waals surface area (Å²) in [6.45, 7) is 0. The van der Waals surface area contributed by atoms with Crippen molar-refractivity contribution >= 4 is 33.4 Å². The van der Waals surface area contributed by atoms with E-state index in [4.69, 9.17) is 11.6 Å². The summed E-state index contributed by atoms with van der Waals surface area (Å²) in [5.41, 5.74) is 0.550. The second kappa shape index (κ2) is 6.04. The number of aliphatic hydroxyl groups is 1. The molecule has 1 saturated carbocycles. The second-order valence-electron chi connectivity index (χ2n) is 4.60. The average molecular weight is 333 g/mol. The minimum atomic E-state index is -0.212. The van der Waals surface area contributed by atoms with Crippen LogP contribution in [0.1, 0.15) is 36.0 Å². The highest BCUT2D eigenvalue weighted by Gasteiger charge is 2.22. The smallest absolute Gasteiger partial charge is 0.252 e. The maximum absolute atomic E-state index is 12.1. The average Bonchev–Trinajstić information content (AvgIpc) is 2.35. The highest BCUT2D eigenvalue weighted by Crippen LogP contribution is 2.23. The van der Waals surface area contributed by atoms with Gasteiger partial charge in [-0.3, -0.25) is 4.79 Å². The van der Waals surface area contributed by atoms with Gasteiger partial charge >= 0.3 is 0 Å². The van der Waals surface area contributed by atoms with Gasteiger partial charge < -0.3 is 10.4 Å². The molecule has 0 radical (unpaired) electrons. The molecular formula is C13H15BrClNO2. The lowest BCUT2D eigenvalue weighted by Crippen LogP contribution is -2.38. The number of halogens is 2. The SMILES string of the molecule is O=C(NC1CCC(O)CC1)c1cc(Cl)ccc1Br. The molecule has 1 aliphatic rings. The van der Waals surface area contributed by atoms with Crippen molar-refractivity contribution < 1.29 is 9.90 Å². The Morgan fingerprint density at radius 1 is 1.33 bits per heavy atom. The molecule has 0 heterocycles. The zero-order chi connectivity index (χ0) is 13.1. The summed E-state index contributed by atoms with van der Waals surface area (Å²) in [6, 6.07) is 5.30. The van der Waals surface area contributed by atoms with Gasteiger partial charge in [0, 0.05) is 15.5 Å². The number of amides is 1. The highest BCUT2D eigenvalue weighted by molar-refractivity contribution is 9.10. The molecule has 0 saturated heterocycles. The Morgan fingerprint density at radius 3 is 2.67 bits per heavy atom. The Bertz CT molecular complexity index is 445. The van der Waals surface area contributed by atoms with Crippen molar-refractivity contribution in [2.24, 2.45) is 0 Å². The largest absolute Gasteiger partial charge is 0.393 e. The van der Waals surface area contributed by atoms with Gasteiger partial charge in [-0.1, -0.05) is 11.6 Å². The van der Waals surface area contributed by atoms with Gasteiger partial charge in [0.15, 0.2) is 0 Å². The molecule has 1 amide bonds. The van der Waals surface area contributed by atoms with Gasteiger partial charge in [0.25, 0.3) is 5.91 Å². The Hall–Kier alpha value is -0.580. The van der Waals surface area contributed by atoms with Gasteiger partial charge in [-0.2, -0.15) is 0 Å². The van der Waals surface area contributed by atoms with Crippen molar-refractivity contribution in [3.8, 4) is 0 Å². The monoisotopic (exact) mass is 331 g/mol. The van der Waals surface area contributed by atoms with E-state index < -0.39 is 0 Å². The van der Waals surface area contributed by atoms with Crippen molar-refractivity contribution in [2.75, 3.05) is 0 Å². The van der Waals surface area contributed by atoms with Gasteiger partial charge in [0.05, 0.1) is 11.7 Å². The van der Waals surface area contributed by atoms with Crippen molar-refractivity contribution in [1.82, 2.24) is 5.32 Å². The molecule has 0 aromatic heterocycles. The van der Waals surface area contributed by atoms with Crippen LogP contribution in [0.4, 0.5) is 0 Å². The number of benzene rings is 1. The molecule has 0 bridgehead atoms. The molecule has 0 aliphatic heterocycles. The molecule has 1 fully saturated rings. The standard InChI is InChI=1S/C13H15BrClNO2/c14-12-6-1-8(15)7-11(12)13(18)16-9-2-4-10(17)5-3-9/h1,6-7,9-10,17H,2-5H2,(H,16,18). The molecule has 1 aromatic rings. The maximum atomic E-state index is 12.1. The molecule has 3 nitrogen and oxygen atoms in total. The minimum absolute atomic E-state index is 0.120. The molecule has 0 unspecified atom stereocenters. The molecule has 0 atom stereocenters. The van der Waals surface area contributed by atoms with E-state index in [9.17, 15) is 9.90 Å². The van der Waals surface area contributed by atoms with Crippen molar-refractivity contribution in [2.45, 2.75) is 37.8 Å². The summed E-state index contributed by atoms with van der Waals surface area (Å²) in [5.74, 6) is -0.120.